The summed E-state index contributed by atoms with van der Waals surface area (Å²) < 4.78 is 17.5. The Labute approximate surface area is 74.9 Å². The molecule has 1 aromatic rings. The monoisotopic (exact) mass is 181 g/mol. The molecule has 0 spiro atoms. The second-order valence-corrected chi connectivity index (χ2v) is 2.31. The summed E-state index contributed by atoms with van der Waals surface area (Å²) in [4.78, 5) is 9.64. The molecule has 2 radical (unpaired) electrons. The summed E-state index contributed by atoms with van der Waals surface area (Å²) in [5.74, 6) is -1.24. The second-order valence-electron chi connectivity index (χ2n) is 2.31. The quantitative estimate of drug-likeness (QED) is 0.380. The molecule has 4 nitrogen and oxygen atoms in total. The maximum absolute atomic E-state index is 13.0. The van der Waals surface area contributed by atoms with Crippen molar-refractivity contribution in [1.29, 1.82) is 0 Å². The zero-order valence-electron chi connectivity index (χ0n) is 6.78. The average molecular weight is 181 g/mol. The fraction of sp³-hybridized carbons (Fsp3) is 0.143. The summed E-state index contributed by atoms with van der Waals surface area (Å²) >= 11 is 0. The van der Waals surface area contributed by atoms with Crippen molar-refractivity contribution in [1.82, 2.24) is 0 Å². The Morgan fingerprint density at radius 3 is 2.69 bits per heavy atom. The molecule has 0 aliphatic rings. The van der Waals surface area contributed by atoms with Crippen LogP contribution in [0.1, 0.15) is 0 Å². The maximum atomic E-state index is 13.0. The van der Waals surface area contributed by atoms with Crippen LogP contribution in [-0.4, -0.2) is 19.9 Å². The Kier molecular flexibility index (Phi) is 2.50. The molecule has 1 aromatic carbocycles. The Morgan fingerprint density at radius 2 is 2.23 bits per heavy atom. The summed E-state index contributed by atoms with van der Waals surface area (Å²) in [5, 5.41) is 10.4. The van der Waals surface area contributed by atoms with Gasteiger partial charge in [0.15, 0.2) is 5.82 Å². The molecule has 0 N–H and O–H groups in total. The van der Waals surface area contributed by atoms with Gasteiger partial charge in [-0.05, 0) is 6.07 Å². The molecule has 0 aliphatic carbocycles. The predicted molar refractivity (Wildman–Crippen MR) is 45.0 cm³/mol. The van der Waals surface area contributed by atoms with Gasteiger partial charge in [-0.15, -0.1) is 0 Å². The number of halogens is 1. The third kappa shape index (κ3) is 1.77. The minimum absolute atomic E-state index is 0.00926. The lowest BCUT2D eigenvalue weighted by Gasteiger charge is -2.03. The van der Waals surface area contributed by atoms with Gasteiger partial charge >= 0.3 is 5.69 Å². The highest BCUT2D eigenvalue weighted by Crippen LogP contribution is 2.27. The number of nitro groups is 1. The summed E-state index contributed by atoms with van der Waals surface area (Å²) in [7, 11) is 6.38. The molecule has 0 saturated heterocycles. The van der Waals surface area contributed by atoms with Crippen LogP contribution < -0.4 is 10.2 Å². The first-order valence-electron chi connectivity index (χ1n) is 3.33. The van der Waals surface area contributed by atoms with Crippen molar-refractivity contribution in [2.45, 2.75) is 0 Å². The molecule has 0 saturated carbocycles. The third-order valence-electron chi connectivity index (χ3n) is 1.45. The molecular weight excluding hydrogens is 176 g/mol. The van der Waals surface area contributed by atoms with E-state index in [1.165, 1.54) is 0 Å². The van der Waals surface area contributed by atoms with E-state index in [-0.39, 0.29) is 5.46 Å². The third-order valence-corrected chi connectivity index (χ3v) is 1.45. The second kappa shape index (κ2) is 3.43. The zero-order chi connectivity index (χ0) is 10.0. The van der Waals surface area contributed by atoms with Crippen molar-refractivity contribution in [2.24, 2.45) is 0 Å². The number of nitro benzene ring substituents is 1. The highest BCUT2D eigenvalue weighted by atomic mass is 19.1. The van der Waals surface area contributed by atoms with Crippen LogP contribution >= 0.6 is 0 Å². The SMILES string of the molecule is [B]c1cc(F)c(OC)c([N+](=O)[O-])c1. The van der Waals surface area contributed by atoms with Crippen LogP contribution in [0.4, 0.5) is 10.1 Å². The van der Waals surface area contributed by atoms with E-state index in [0.717, 1.165) is 19.2 Å². The number of rotatable bonds is 2. The first-order chi connectivity index (χ1) is 6.06. The molecule has 66 valence electrons. The highest BCUT2D eigenvalue weighted by Gasteiger charge is 2.19. The van der Waals surface area contributed by atoms with Crippen LogP contribution in [0.25, 0.3) is 0 Å². The van der Waals surface area contributed by atoms with Crippen LogP contribution in [0.5, 0.6) is 5.75 Å². The van der Waals surface area contributed by atoms with Crippen LogP contribution in [0.15, 0.2) is 12.1 Å². The summed E-state index contributed by atoms with van der Waals surface area (Å²) in [6.07, 6.45) is 0. The van der Waals surface area contributed by atoms with Gasteiger partial charge in [-0.25, -0.2) is 4.39 Å². The summed E-state index contributed by atoms with van der Waals surface area (Å²) in [6.45, 7) is 0. The van der Waals surface area contributed by atoms with Gasteiger partial charge < -0.3 is 4.74 Å². The van der Waals surface area contributed by atoms with Crippen LogP contribution in [0, 0.1) is 15.9 Å². The van der Waals surface area contributed by atoms with Gasteiger partial charge in [-0.1, -0.05) is 5.46 Å². The van der Waals surface area contributed by atoms with E-state index in [1.807, 2.05) is 0 Å². The van der Waals surface area contributed by atoms with E-state index in [4.69, 9.17) is 7.85 Å². The van der Waals surface area contributed by atoms with Gasteiger partial charge in [0.05, 0.1) is 12.0 Å². The van der Waals surface area contributed by atoms with Gasteiger partial charge in [-0.3, -0.25) is 10.1 Å². The fourth-order valence-electron chi connectivity index (χ4n) is 0.937. The van der Waals surface area contributed by atoms with E-state index in [1.54, 1.807) is 0 Å². The van der Waals surface area contributed by atoms with Gasteiger partial charge in [0, 0.05) is 6.07 Å². The van der Waals surface area contributed by atoms with E-state index in [9.17, 15) is 14.5 Å². The predicted octanol–water partition coefficient (Wildman–Crippen LogP) is 0.536. The Hall–Kier alpha value is -1.59. The van der Waals surface area contributed by atoms with Crippen molar-refractivity contribution in [3.05, 3.63) is 28.1 Å². The van der Waals surface area contributed by atoms with Crippen molar-refractivity contribution >= 4 is 19.0 Å². The van der Waals surface area contributed by atoms with Crippen LogP contribution in [0.3, 0.4) is 0 Å². The molecule has 0 bridgehead atoms. The van der Waals surface area contributed by atoms with Crippen molar-refractivity contribution in [3.8, 4) is 5.75 Å². The van der Waals surface area contributed by atoms with Gasteiger partial charge in [-0.2, -0.15) is 0 Å². The largest absolute Gasteiger partial charge is 0.488 e. The number of hydrogen-bond donors (Lipinski definition) is 0. The minimum Gasteiger partial charge on any atom is -0.488 e. The van der Waals surface area contributed by atoms with Crippen molar-refractivity contribution in [2.75, 3.05) is 7.11 Å². The van der Waals surface area contributed by atoms with Gasteiger partial charge in [0.1, 0.15) is 7.85 Å². The Balaban J connectivity index is 3.38. The number of ether oxygens (including phenoxy) is 1. The molecule has 6 heteroatoms. The highest BCUT2D eigenvalue weighted by molar-refractivity contribution is 6.32. The van der Waals surface area contributed by atoms with Gasteiger partial charge in [0.2, 0.25) is 5.75 Å². The van der Waals surface area contributed by atoms with E-state index >= 15 is 0 Å². The minimum atomic E-state index is -0.839. The molecule has 0 fully saturated rings. The lowest BCUT2D eigenvalue weighted by atomic mass is 9.95. The molecule has 0 heterocycles. The molecule has 0 aliphatic heterocycles. The molecular formula is C7H5BFNO3. The van der Waals surface area contributed by atoms with E-state index in [2.05, 4.69) is 4.74 Å². The molecule has 0 amide bonds. The summed E-state index contributed by atoms with van der Waals surface area (Å²) in [5.41, 5.74) is -0.481. The number of nitrogens with zero attached hydrogens (tertiary/aromatic N) is 1. The van der Waals surface area contributed by atoms with Crippen LogP contribution in [0.2, 0.25) is 0 Å². The van der Waals surface area contributed by atoms with E-state index in [0.29, 0.717) is 0 Å². The zero-order valence-corrected chi connectivity index (χ0v) is 6.78. The molecule has 1 rings (SSSR count). The number of methoxy groups -OCH3 is 1. The summed E-state index contributed by atoms with van der Waals surface area (Å²) in [6, 6.07) is 2.01. The van der Waals surface area contributed by atoms with Crippen molar-refractivity contribution in [3.63, 3.8) is 0 Å². The molecule has 13 heavy (non-hydrogen) atoms. The van der Waals surface area contributed by atoms with Crippen LogP contribution in [-0.2, 0) is 0 Å². The Morgan fingerprint density at radius 1 is 1.62 bits per heavy atom. The topological polar surface area (TPSA) is 52.4 Å². The molecule has 0 atom stereocenters. The number of benzene rings is 1. The maximum Gasteiger partial charge on any atom is 0.313 e. The first kappa shape index (κ1) is 9.50. The number of hydrogen-bond acceptors (Lipinski definition) is 3. The molecule has 0 aromatic heterocycles. The standard InChI is InChI=1S/C7H5BFNO3/c1-13-7-5(9)2-4(8)3-6(7)10(11)12/h2-3H,1H3. The van der Waals surface area contributed by atoms with Gasteiger partial charge in [0.25, 0.3) is 0 Å². The average Bonchev–Trinajstić information content (AvgIpc) is 2.02. The van der Waals surface area contributed by atoms with E-state index < -0.39 is 22.2 Å². The molecule has 0 unspecified atom stereocenters. The first-order valence-corrected chi connectivity index (χ1v) is 3.33. The fourth-order valence-corrected chi connectivity index (χ4v) is 0.937. The Bertz CT molecular complexity index is 356. The normalized spacial score (nSPS) is 9.69. The smallest absolute Gasteiger partial charge is 0.313 e. The van der Waals surface area contributed by atoms with Crippen molar-refractivity contribution < 1.29 is 14.1 Å². The lowest BCUT2D eigenvalue weighted by Crippen LogP contribution is -2.07. The lowest BCUT2D eigenvalue weighted by molar-refractivity contribution is -0.385.